The molecule has 1 aliphatic rings. The van der Waals surface area contributed by atoms with Crippen LogP contribution in [-0.2, 0) is 6.54 Å². The first-order valence-electron chi connectivity index (χ1n) is 22.4. The Hall–Kier alpha value is -4.55. The van der Waals surface area contributed by atoms with Crippen LogP contribution in [0.5, 0.6) is 0 Å². The number of hydrogen-bond donors (Lipinski definition) is 2. The molecule has 2 N–H and O–H groups in total. The molecule has 1 atom stereocenters. The molecule has 0 radical (unpaired) electrons. The van der Waals surface area contributed by atoms with Crippen LogP contribution < -0.4 is 5.32 Å². The standard InChI is InChI=1S/C21H28N4.C17H22N2.2C3H8.C3H6.3C2H6/c1-6-15(4)21-19-11-18(7-8-20(19)23-24-21)22-16(5)17-9-10-25(13-17)12-14(2)3;1-4-7-16(5-2)17-10-8-15(9-11-17)14-19-13-6-12-18-3;3*1-3-2;3*1-2/h6-8,11,17,22H,2,5,9-10,12-13H2,1,3-4H3,(H,23,24);6-13H,3-5,14H2,1-2H3;2*3H2,1-2H3;3H,1H2,2H3;3*1-2H3/b15-6+;12-6-,16-7+,19-13?;;;;;;. The maximum atomic E-state index is 4.44. The first-order chi connectivity index (χ1) is 28.5. The quantitative estimate of drug-likeness (QED) is 0.133. The fourth-order valence-electron chi connectivity index (χ4n) is 5.31. The predicted molar refractivity (Wildman–Crippen MR) is 275 cm³/mol. The second-order valence-electron chi connectivity index (χ2n) is 13.2. The molecule has 3 aromatic rings. The Morgan fingerprint density at radius 3 is 1.98 bits per heavy atom. The van der Waals surface area contributed by atoms with E-state index in [0.29, 0.717) is 12.5 Å². The van der Waals surface area contributed by atoms with E-state index in [1.54, 1.807) is 24.6 Å². The second-order valence-corrected chi connectivity index (χ2v) is 13.2. The number of aliphatic imine (C=N–C) groups is 2. The highest BCUT2D eigenvalue weighted by Gasteiger charge is 2.24. The highest BCUT2D eigenvalue weighted by molar-refractivity contribution is 5.92. The van der Waals surface area contributed by atoms with Crippen LogP contribution >= 0.6 is 0 Å². The fourth-order valence-corrected chi connectivity index (χ4v) is 5.31. The number of nitrogens with one attached hydrogen (secondary N) is 2. The molecule has 1 aromatic heterocycles. The van der Waals surface area contributed by atoms with Gasteiger partial charge in [0.05, 0.1) is 17.8 Å². The lowest BCUT2D eigenvalue weighted by Gasteiger charge is -2.18. The van der Waals surface area contributed by atoms with Crippen LogP contribution in [0, 0.1) is 5.92 Å². The molecule has 1 saturated heterocycles. The molecule has 59 heavy (non-hydrogen) atoms. The van der Waals surface area contributed by atoms with E-state index >= 15 is 0 Å². The van der Waals surface area contributed by atoms with E-state index in [2.05, 4.69) is 167 Å². The van der Waals surface area contributed by atoms with Crippen molar-refractivity contribution < 1.29 is 0 Å². The van der Waals surface area contributed by atoms with E-state index in [-0.39, 0.29) is 0 Å². The van der Waals surface area contributed by atoms with Gasteiger partial charge in [-0.15, -0.1) is 6.58 Å². The van der Waals surface area contributed by atoms with Crippen molar-refractivity contribution in [3.63, 3.8) is 0 Å². The Balaban J connectivity index is -0.000000393. The number of likely N-dealkylation sites (tertiary alicyclic amines) is 1. The van der Waals surface area contributed by atoms with E-state index in [9.17, 15) is 0 Å². The van der Waals surface area contributed by atoms with Gasteiger partial charge in [-0.05, 0) is 107 Å². The van der Waals surface area contributed by atoms with Crippen LogP contribution in [0.25, 0.3) is 22.0 Å². The second kappa shape index (κ2) is 43.0. The fraction of sp³-hybridized carbons (Fsp3) is 0.491. The van der Waals surface area contributed by atoms with Gasteiger partial charge in [-0.2, -0.15) is 5.10 Å². The number of benzene rings is 2. The SMILES string of the molecule is C=C(C)CN1CCC(C(=C)Nc2ccc3[nH]nc(/C(C)=C/C)c3c2)C1.C=CC.C=N/C=C\C=NCc1ccc(/C(=C/CC)CC)cc1.CC.CC.CC.CCC.CCC. The van der Waals surface area contributed by atoms with Gasteiger partial charge in [-0.1, -0.05) is 157 Å². The Kier molecular flexibility index (Phi) is 44.6. The maximum absolute atomic E-state index is 4.44. The molecule has 6 heteroatoms. The molecule has 1 fully saturated rings. The van der Waals surface area contributed by atoms with E-state index in [1.165, 1.54) is 40.7 Å². The summed E-state index contributed by atoms with van der Waals surface area (Å²) in [6.07, 6.45) is 17.1. The van der Waals surface area contributed by atoms with Crippen molar-refractivity contribution in [1.82, 2.24) is 15.1 Å². The molecule has 2 heterocycles. The van der Waals surface area contributed by atoms with Gasteiger partial charge in [0.1, 0.15) is 0 Å². The molecule has 4 rings (SSSR count). The number of fused-ring (bicyclic) bond motifs is 1. The zero-order chi connectivity index (χ0) is 46.0. The van der Waals surface area contributed by atoms with Crippen molar-refractivity contribution in [2.24, 2.45) is 15.9 Å². The molecule has 1 unspecified atom stereocenters. The summed E-state index contributed by atoms with van der Waals surface area (Å²) >= 11 is 0. The van der Waals surface area contributed by atoms with Gasteiger partial charge in [0.2, 0.25) is 0 Å². The van der Waals surface area contributed by atoms with Crippen LogP contribution in [0.4, 0.5) is 5.69 Å². The molecular weight excluding hydrogens is 721 g/mol. The molecule has 0 bridgehead atoms. The third-order valence-corrected chi connectivity index (χ3v) is 7.75. The van der Waals surface area contributed by atoms with Gasteiger partial charge < -0.3 is 5.32 Å². The maximum Gasteiger partial charge on any atom is 0.0953 e. The van der Waals surface area contributed by atoms with Crippen LogP contribution in [0.1, 0.15) is 160 Å². The largest absolute Gasteiger partial charge is 0.359 e. The van der Waals surface area contributed by atoms with Crippen molar-refractivity contribution in [3.8, 4) is 0 Å². The van der Waals surface area contributed by atoms with Crippen molar-refractivity contribution in [2.75, 3.05) is 25.0 Å². The summed E-state index contributed by atoms with van der Waals surface area (Å²) in [5.74, 6) is 0.483. The summed E-state index contributed by atoms with van der Waals surface area (Å²) < 4.78 is 0. The van der Waals surface area contributed by atoms with Crippen molar-refractivity contribution >= 4 is 40.7 Å². The molecule has 0 saturated carbocycles. The summed E-state index contributed by atoms with van der Waals surface area (Å²) in [4.78, 5) is 10.4. The van der Waals surface area contributed by atoms with E-state index in [1.807, 2.05) is 55.4 Å². The summed E-state index contributed by atoms with van der Waals surface area (Å²) in [6.45, 7) is 51.8. The Morgan fingerprint density at radius 2 is 1.49 bits per heavy atom. The van der Waals surface area contributed by atoms with Gasteiger partial charge in [-0.25, -0.2) is 0 Å². The summed E-state index contributed by atoms with van der Waals surface area (Å²) in [5.41, 5.74) is 10.6. The first kappa shape index (κ1) is 61.1. The number of H-pyrrole nitrogens is 1. The zero-order valence-electron chi connectivity index (χ0n) is 41.1. The van der Waals surface area contributed by atoms with Crippen molar-refractivity contribution in [3.05, 3.63) is 121 Å². The molecule has 2 aromatic carbocycles. The molecule has 6 nitrogen and oxygen atoms in total. The van der Waals surface area contributed by atoms with E-state index in [4.69, 9.17) is 0 Å². The molecule has 0 amide bonds. The minimum absolute atomic E-state index is 0.483. The topological polar surface area (TPSA) is 68.7 Å². The summed E-state index contributed by atoms with van der Waals surface area (Å²) in [6, 6.07) is 15.0. The van der Waals surface area contributed by atoms with Crippen LogP contribution in [-0.4, -0.2) is 47.7 Å². The summed E-state index contributed by atoms with van der Waals surface area (Å²) in [7, 11) is 0. The molecule has 0 aliphatic carbocycles. The highest BCUT2D eigenvalue weighted by Crippen LogP contribution is 2.29. The minimum Gasteiger partial charge on any atom is -0.359 e. The average Bonchev–Trinajstić information content (AvgIpc) is 3.90. The Morgan fingerprint density at radius 1 is 0.915 bits per heavy atom. The number of rotatable bonds is 13. The van der Waals surface area contributed by atoms with Gasteiger partial charge in [-0.3, -0.25) is 20.0 Å². The lowest BCUT2D eigenvalue weighted by atomic mass is 10.0. The molecule has 0 spiro atoms. The predicted octanol–water partition coefficient (Wildman–Crippen LogP) is 16.6. The zero-order valence-corrected chi connectivity index (χ0v) is 41.1. The lowest BCUT2D eigenvalue weighted by molar-refractivity contribution is 0.359. The first-order valence-corrected chi connectivity index (χ1v) is 22.4. The van der Waals surface area contributed by atoms with E-state index < -0.39 is 0 Å². The molecule has 332 valence electrons. The number of aromatic amines is 1. The third-order valence-electron chi connectivity index (χ3n) is 7.75. The third kappa shape index (κ3) is 28.5. The van der Waals surface area contributed by atoms with Crippen LogP contribution in [0.3, 0.4) is 0 Å². The van der Waals surface area contributed by atoms with Gasteiger partial charge >= 0.3 is 0 Å². The average molecular weight is 811 g/mol. The minimum atomic E-state index is 0.483. The number of allylic oxidation sites excluding steroid dienone is 6. The van der Waals surface area contributed by atoms with E-state index in [0.717, 1.165) is 66.9 Å². The smallest absolute Gasteiger partial charge is 0.0953 e. The van der Waals surface area contributed by atoms with Gasteiger partial charge in [0, 0.05) is 48.2 Å². The Labute approximate surface area is 365 Å². The number of anilines is 1. The number of hydrogen-bond acceptors (Lipinski definition) is 5. The molecule has 1 aliphatic heterocycles. The van der Waals surface area contributed by atoms with Crippen LogP contribution in [0.15, 0.2) is 114 Å². The normalized spacial score (nSPS) is 13.1. The highest BCUT2D eigenvalue weighted by atomic mass is 15.2. The number of nitrogens with zero attached hydrogens (tertiary/aromatic N) is 4. The van der Waals surface area contributed by atoms with Crippen molar-refractivity contribution in [1.29, 1.82) is 0 Å². The van der Waals surface area contributed by atoms with Gasteiger partial charge in [0.15, 0.2) is 0 Å². The number of aromatic nitrogens is 2. The van der Waals surface area contributed by atoms with Crippen LogP contribution in [0.2, 0.25) is 0 Å². The van der Waals surface area contributed by atoms with Gasteiger partial charge in [0.25, 0.3) is 0 Å². The lowest BCUT2D eigenvalue weighted by Crippen LogP contribution is -2.23. The summed E-state index contributed by atoms with van der Waals surface area (Å²) in [5, 5.41) is 12.2. The molecular formula is C53H90N6. The van der Waals surface area contributed by atoms with Crippen molar-refractivity contribution in [2.45, 2.75) is 149 Å². The Bertz CT molecular complexity index is 1600. The monoisotopic (exact) mass is 811 g/mol.